The number of halogens is 1. The molecular weight excluding hydrogens is 278 g/mol. The highest BCUT2D eigenvalue weighted by molar-refractivity contribution is 6.18. The second-order valence-corrected chi connectivity index (χ2v) is 8.18. The molecule has 1 N–H and O–H groups in total. The van der Waals surface area contributed by atoms with Crippen LogP contribution in [0.4, 0.5) is 0 Å². The van der Waals surface area contributed by atoms with Crippen molar-refractivity contribution >= 4 is 11.6 Å². The predicted molar refractivity (Wildman–Crippen MR) is 93.1 cm³/mol. The number of nitrogens with one attached hydrogen (secondary N) is 1. The van der Waals surface area contributed by atoms with Crippen molar-refractivity contribution in [2.24, 2.45) is 5.92 Å². The topological polar surface area (TPSA) is 12.0 Å². The van der Waals surface area contributed by atoms with Gasteiger partial charge in [-0.05, 0) is 35.3 Å². The van der Waals surface area contributed by atoms with Crippen molar-refractivity contribution < 1.29 is 0 Å². The standard InChI is InChI=1S/C19H30ClN/c1-15-6-5-11-19(12-15,14-20)21-13-16-7-9-17(10-8-16)18(2,3)4/h7-10,15,21H,5-6,11-14H2,1-4H3. The van der Waals surface area contributed by atoms with Crippen molar-refractivity contribution in [1.82, 2.24) is 5.32 Å². The van der Waals surface area contributed by atoms with Crippen LogP contribution in [0.15, 0.2) is 24.3 Å². The van der Waals surface area contributed by atoms with E-state index in [0.717, 1.165) is 18.3 Å². The van der Waals surface area contributed by atoms with Crippen LogP contribution < -0.4 is 5.32 Å². The smallest absolute Gasteiger partial charge is 0.0406 e. The molecule has 0 aliphatic heterocycles. The minimum Gasteiger partial charge on any atom is -0.306 e. The van der Waals surface area contributed by atoms with Crippen molar-refractivity contribution in [2.75, 3.05) is 5.88 Å². The number of hydrogen-bond acceptors (Lipinski definition) is 1. The van der Waals surface area contributed by atoms with Gasteiger partial charge in [-0.1, -0.05) is 64.8 Å². The van der Waals surface area contributed by atoms with Gasteiger partial charge in [0.1, 0.15) is 0 Å². The molecule has 0 heterocycles. The molecule has 1 aromatic carbocycles. The Hall–Kier alpha value is -0.530. The van der Waals surface area contributed by atoms with Crippen molar-refractivity contribution in [3.05, 3.63) is 35.4 Å². The van der Waals surface area contributed by atoms with E-state index in [4.69, 9.17) is 11.6 Å². The minimum absolute atomic E-state index is 0.141. The lowest BCUT2D eigenvalue weighted by Gasteiger charge is -2.39. The molecule has 118 valence electrons. The molecule has 2 heteroatoms. The third-order valence-electron chi connectivity index (χ3n) is 4.83. The molecule has 1 saturated carbocycles. The van der Waals surface area contributed by atoms with Crippen molar-refractivity contribution in [3.63, 3.8) is 0 Å². The fourth-order valence-electron chi connectivity index (χ4n) is 3.40. The van der Waals surface area contributed by atoms with E-state index in [1.807, 2.05) is 0 Å². The van der Waals surface area contributed by atoms with Crippen molar-refractivity contribution in [3.8, 4) is 0 Å². The van der Waals surface area contributed by atoms with Gasteiger partial charge in [0.05, 0.1) is 0 Å². The van der Waals surface area contributed by atoms with Gasteiger partial charge in [0.15, 0.2) is 0 Å². The van der Waals surface area contributed by atoms with Crippen LogP contribution in [0.2, 0.25) is 0 Å². The molecule has 2 unspecified atom stereocenters. The summed E-state index contributed by atoms with van der Waals surface area (Å²) in [5.41, 5.74) is 3.11. The normalized spacial score (nSPS) is 26.8. The van der Waals surface area contributed by atoms with Gasteiger partial charge in [-0.25, -0.2) is 0 Å². The number of rotatable bonds is 4. The quantitative estimate of drug-likeness (QED) is 0.748. The number of hydrogen-bond donors (Lipinski definition) is 1. The Morgan fingerprint density at radius 1 is 1.24 bits per heavy atom. The Balaban J connectivity index is 1.98. The second-order valence-electron chi connectivity index (χ2n) is 7.92. The summed E-state index contributed by atoms with van der Waals surface area (Å²) in [4.78, 5) is 0. The molecule has 1 nitrogen and oxygen atoms in total. The Labute approximate surface area is 135 Å². The third-order valence-corrected chi connectivity index (χ3v) is 5.35. The van der Waals surface area contributed by atoms with E-state index < -0.39 is 0 Å². The minimum atomic E-state index is 0.141. The zero-order valence-corrected chi connectivity index (χ0v) is 14.8. The van der Waals surface area contributed by atoms with Crippen LogP contribution >= 0.6 is 11.6 Å². The summed E-state index contributed by atoms with van der Waals surface area (Å²) in [6.07, 6.45) is 5.06. The first-order valence-corrected chi connectivity index (χ1v) is 8.78. The van der Waals surface area contributed by atoms with Crippen LogP contribution in [0.25, 0.3) is 0 Å². The zero-order valence-electron chi connectivity index (χ0n) is 14.0. The van der Waals surface area contributed by atoms with Crippen LogP contribution in [-0.4, -0.2) is 11.4 Å². The molecule has 2 rings (SSSR count). The highest BCUT2D eigenvalue weighted by Crippen LogP contribution is 2.33. The molecule has 0 spiro atoms. The van der Waals surface area contributed by atoms with E-state index >= 15 is 0 Å². The maximum atomic E-state index is 6.29. The maximum Gasteiger partial charge on any atom is 0.0406 e. The highest BCUT2D eigenvalue weighted by Gasteiger charge is 2.33. The molecule has 0 radical (unpaired) electrons. The summed E-state index contributed by atoms with van der Waals surface area (Å²) in [7, 11) is 0. The summed E-state index contributed by atoms with van der Waals surface area (Å²) in [6.45, 7) is 10.0. The monoisotopic (exact) mass is 307 g/mol. The van der Waals surface area contributed by atoms with E-state index in [9.17, 15) is 0 Å². The summed E-state index contributed by atoms with van der Waals surface area (Å²) in [6, 6.07) is 9.02. The summed E-state index contributed by atoms with van der Waals surface area (Å²) >= 11 is 6.29. The van der Waals surface area contributed by atoms with Crippen LogP contribution in [0, 0.1) is 5.92 Å². The van der Waals surface area contributed by atoms with E-state index in [1.54, 1.807) is 0 Å². The fourth-order valence-corrected chi connectivity index (χ4v) is 3.74. The van der Waals surface area contributed by atoms with Crippen molar-refractivity contribution in [1.29, 1.82) is 0 Å². The number of alkyl halides is 1. The summed E-state index contributed by atoms with van der Waals surface area (Å²) in [5.74, 6) is 1.51. The average Bonchev–Trinajstić information content (AvgIpc) is 2.45. The van der Waals surface area contributed by atoms with E-state index in [1.165, 1.54) is 36.8 Å². The number of benzene rings is 1. The van der Waals surface area contributed by atoms with Crippen molar-refractivity contribution in [2.45, 2.75) is 70.9 Å². The molecule has 0 aromatic heterocycles. The summed E-state index contributed by atoms with van der Waals surface area (Å²) in [5, 5.41) is 3.76. The first-order chi connectivity index (χ1) is 9.85. The zero-order chi connectivity index (χ0) is 15.5. The largest absolute Gasteiger partial charge is 0.306 e. The lowest BCUT2D eigenvalue weighted by atomic mass is 9.77. The Morgan fingerprint density at radius 3 is 2.43 bits per heavy atom. The second kappa shape index (κ2) is 6.71. The average molecular weight is 308 g/mol. The first kappa shape index (κ1) is 16.8. The molecule has 1 aliphatic carbocycles. The lowest BCUT2D eigenvalue weighted by Crippen LogP contribution is -2.49. The van der Waals surface area contributed by atoms with Crippen LogP contribution in [0.3, 0.4) is 0 Å². The fraction of sp³-hybridized carbons (Fsp3) is 0.684. The molecule has 0 amide bonds. The predicted octanol–water partition coefficient (Wildman–Crippen LogP) is 5.26. The van der Waals surface area contributed by atoms with Gasteiger partial charge >= 0.3 is 0 Å². The van der Waals surface area contributed by atoms with Gasteiger partial charge in [0, 0.05) is 18.0 Å². The molecule has 1 fully saturated rings. The van der Waals surface area contributed by atoms with Gasteiger partial charge in [-0.2, -0.15) is 0 Å². The van der Waals surface area contributed by atoms with Crippen LogP contribution in [0.1, 0.15) is 64.5 Å². The SMILES string of the molecule is CC1CCCC(CCl)(NCc2ccc(C(C)(C)C)cc2)C1. The molecule has 0 bridgehead atoms. The van der Waals surface area contributed by atoms with E-state index in [-0.39, 0.29) is 11.0 Å². The highest BCUT2D eigenvalue weighted by atomic mass is 35.5. The van der Waals surface area contributed by atoms with E-state index in [2.05, 4.69) is 57.3 Å². The Kier molecular flexibility index (Phi) is 5.38. The van der Waals surface area contributed by atoms with Crippen LogP contribution in [-0.2, 0) is 12.0 Å². The Morgan fingerprint density at radius 2 is 1.90 bits per heavy atom. The molecular formula is C19H30ClN. The van der Waals surface area contributed by atoms with Gasteiger partial charge in [-0.3, -0.25) is 0 Å². The molecule has 1 aliphatic rings. The molecule has 1 aromatic rings. The lowest BCUT2D eigenvalue weighted by molar-refractivity contribution is 0.207. The Bertz CT molecular complexity index is 446. The molecule has 0 saturated heterocycles. The van der Waals surface area contributed by atoms with Gasteiger partial charge in [-0.15, -0.1) is 11.6 Å². The summed E-state index contributed by atoms with van der Waals surface area (Å²) < 4.78 is 0. The molecule has 21 heavy (non-hydrogen) atoms. The third kappa shape index (κ3) is 4.47. The van der Waals surface area contributed by atoms with Crippen LogP contribution in [0.5, 0.6) is 0 Å². The van der Waals surface area contributed by atoms with Gasteiger partial charge < -0.3 is 5.32 Å². The van der Waals surface area contributed by atoms with E-state index in [0.29, 0.717) is 0 Å². The first-order valence-electron chi connectivity index (χ1n) is 8.25. The maximum absolute atomic E-state index is 6.29. The van der Waals surface area contributed by atoms with Gasteiger partial charge in [0.2, 0.25) is 0 Å². The van der Waals surface area contributed by atoms with Gasteiger partial charge in [0.25, 0.3) is 0 Å². The molecule has 2 atom stereocenters.